The van der Waals surface area contributed by atoms with Gasteiger partial charge in [-0.2, -0.15) is 0 Å². The van der Waals surface area contributed by atoms with Crippen LogP contribution < -0.4 is 0 Å². The second kappa shape index (κ2) is 9.13. The lowest BCUT2D eigenvalue weighted by atomic mass is 9.92. The Morgan fingerprint density at radius 3 is 2.03 bits per heavy atom. The number of aryl methyl sites for hydroxylation is 1. The Hall–Kier alpha value is -2.80. The number of benzene rings is 2. The van der Waals surface area contributed by atoms with Gasteiger partial charge in [0.05, 0.1) is 12.0 Å². The first-order valence-electron chi connectivity index (χ1n) is 9.17. The average Bonchev–Trinajstić information content (AvgIpc) is 2.73. The summed E-state index contributed by atoms with van der Waals surface area (Å²) in [7, 11) is -3.37. The minimum absolute atomic E-state index is 0.0295. The molecule has 1 unspecified atom stereocenters. The van der Waals surface area contributed by atoms with Crippen molar-refractivity contribution in [2.24, 2.45) is 0 Å². The molecule has 0 bridgehead atoms. The summed E-state index contributed by atoms with van der Waals surface area (Å²) in [6, 6.07) is 14.0. The maximum absolute atomic E-state index is 13.6. The SMILES string of the molecule is CCC(=O)CC(CC(=O)c1ccccc1)(C(=O)OC)S(=O)(=O)c1ccc(C)cc1. The van der Waals surface area contributed by atoms with Crippen molar-refractivity contribution in [1.29, 1.82) is 0 Å². The van der Waals surface area contributed by atoms with Crippen LogP contribution in [-0.2, 0) is 24.2 Å². The molecule has 0 fully saturated rings. The van der Waals surface area contributed by atoms with E-state index in [1.165, 1.54) is 24.3 Å². The van der Waals surface area contributed by atoms with Crippen LogP contribution in [0.3, 0.4) is 0 Å². The zero-order chi connectivity index (χ0) is 21.7. The maximum atomic E-state index is 13.6. The zero-order valence-corrected chi connectivity index (χ0v) is 17.5. The van der Waals surface area contributed by atoms with Crippen molar-refractivity contribution < 1.29 is 27.5 Å². The number of sulfone groups is 1. The van der Waals surface area contributed by atoms with Gasteiger partial charge in [-0.05, 0) is 19.1 Å². The van der Waals surface area contributed by atoms with E-state index >= 15 is 0 Å². The van der Waals surface area contributed by atoms with Crippen LogP contribution in [0.4, 0.5) is 0 Å². The van der Waals surface area contributed by atoms with E-state index in [4.69, 9.17) is 4.74 Å². The third-order valence-corrected chi connectivity index (χ3v) is 7.20. The van der Waals surface area contributed by atoms with Gasteiger partial charge in [0.25, 0.3) is 0 Å². The molecule has 0 radical (unpaired) electrons. The number of esters is 1. The number of ether oxygens (including phenoxy) is 1. The molecule has 154 valence electrons. The standard InChI is InChI=1S/C22H24O6S/c1-4-18(23)14-22(21(25)28-3,15-20(24)17-8-6-5-7-9-17)29(26,27)19-12-10-16(2)11-13-19/h5-13H,4,14-15H2,1-3H3. The molecule has 7 heteroatoms. The molecular formula is C22H24O6S. The number of hydrogen-bond donors (Lipinski definition) is 0. The van der Waals surface area contributed by atoms with Crippen LogP contribution in [0, 0.1) is 6.92 Å². The molecule has 6 nitrogen and oxygen atoms in total. The van der Waals surface area contributed by atoms with E-state index in [1.54, 1.807) is 44.2 Å². The number of ketones is 2. The minimum atomic E-state index is -4.42. The van der Waals surface area contributed by atoms with Crippen LogP contribution in [0.1, 0.15) is 42.1 Å². The van der Waals surface area contributed by atoms with Gasteiger partial charge in [-0.3, -0.25) is 14.4 Å². The molecular weight excluding hydrogens is 392 g/mol. The van der Waals surface area contributed by atoms with E-state index < -0.39 is 45.0 Å². The fourth-order valence-electron chi connectivity index (χ4n) is 3.06. The van der Waals surface area contributed by atoms with Gasteiger partial charge in [0.15, 0.2) is 20.4 Å². The van der Waals surface area contributed by atoms with Gasteiger partial charge in [-0.25, -0.2) is 8.42 Å². The number of methoxy groups -OCH3 is 1. The van der Waals surface area contributed by atoms with Gasteiger partial charge in [0.2, 0.25) is 0 Å². The third kappa shape index (κ3) is 4.62. The lowest BCUT2D eigenvalue weighted by Crippen LogP contribution is -2.50. The molecule has 29 heavy (non-hydrogen) atoms. The largest absolute Gasteiger partial charge is 0.468 e. The monoisotopic (exact) mass is 416 g/mol. The molecule has 1 atom stereocenters. The molecule has 2 aromatic rings. The number of rotatable bonds is 9. The summed E-state index contributed by atoms with van der Waals surface area (Å²) in [5.41, 5.74) is 1.08. The fraction of sp³-hybridized carbons (Fsp3) is 0.318. The molecule has 0 aromatic heterocycles. The highest BCUT2D eigenvalue weighted by molar-refractivity contribution is 7.93. The summed E-state index contributed by atoms with van der Waals surface area (Å²) in [5.74, 6) is -2.13. The van der Waals surface area contributed by atoms with E-state index in [0.29, 0.717) is 0 Å². The predicted molar refractivity (Wildman–Crippen MR) is 108 cm³/mol. The van der Waals surface area contributed by atoms with E-state index in [2.05, 4.69) is 0 Å². The van der Waals surface area contributed by atoms with E-state index in [0.717, 1.165) is 12.7 Å². The lowest BCUT2D eigenvalue weighted by molar-refractivity contribution is -0.145. The van der Waals surface area contributed by atoms with Crippen molar-refractivity contribution in [3.8, 4) is 0 Å². The quantitative estimate of drug-likeness (QED) is 0.460. The normalized spacial score (nSPS) is 13.3. The van der Waals surface area contributed by atoms with Gasteiger partial charge in [-0.1, -0.05) is 55.0 Å². The molecule has 2 rings (SSSR count). The third-order valence-electron chi connectivity index (χ3n) is 4.82. The van der Waals surface area contributed by atoms with E-state index in [-0.39, 0.29) is 16.9 Å². The number of hydrogen-bond acceptors (Lipinski definition) is 6. The number of carbonyl (C=O) groups is 3. The summed E-state index contributed by atoms with van der Waals surface area (Å²) < 4.78 is 29.6. The Morgan fingerprint density at radius 2 is 1.52 bits per heavy atom. The van der Waals surface area contributed by atoms with Crippen LogP contribution in [0.15, 0.2) is 59.5 Å². The Morgan fingerprint density at radius 1 is 0.931 bits per heavy atom. The molecule has 0 saturated carbocycles. The molecule has 0 aliphatic heterocycles. The van der Waals surface area contributed by atoms with Gasteiger partial charge >= 0.3 is 5.97 Å². The summed E-state index contributed by atoms with van der Waals surface area (Å²) in [5, 5.41) is 0. The van der Waals surface area contributed by atoms with Crippen molar-refractivity contribution >= 4 is 27.4 Å². The van der Waals surface area contributed by atoms with Crippen molar-refractivity contribution in [2.45, 2.75) is 42.8 Å². The first-order chi connectivity index (χ1) is 13.7. The highest BCUT2D eigenvalue weighted by Crippen LogP contribution is 2.36. The minimum Gasteiger partial charge on any atom is -0.468 e. The summed E-state index contributed by atoms with van der Waals surface area (Å²) in [6.07, 6.45) is -1.29. The number of carbonyl (C=O) groups excluding carboxylic acids is 3. The first-order valence-corrected chi connectivity index (χ1v) is 10.7. The molecule has 0 N–H and O–H groups in total. The van der Waals surface area contributed by atoms with Gasteiger partial charge < -0.3 is 4.74 Å². The second-order valence-electron chi connectivity index (χ2n) is 6.84. The van der Waals surface area contributed by atoms with Crippen LogP contribution in [0.25, 0.3) is 0 Å². The Kier molecular flexibility index (Phi) is 7.08. The highest BCUT2D eigenvalue weighted by Gasteiger charge is 2.55. The molecule has 0 aliphatic rings. The average molecular weight is 416 g/mol. The van der Waals surface area contributed by atoms with E-state index in [9.17, 15) is 22.8 Å². The van der Waals surface area contributed by atoms with Gasteiger partial charge in [0.1, 0.15) is 5.78 Å². The smallest absolute Gasteiger partial charge is 0.328 e. The van der Waals surface area contributed by atoms with Gasteiger partial charge in [-0.15, -0.1) is 0 Å². The van der Waals surface area contributed by atoms with Crippen molar-refractivity contribution in [2.75, 3.05) is 7.11 Å². The lowest BCUT2D eigenvalue weighted by Gasteiger charge is -2.29. The van der Waals surface area contributed by atoms with Crippen LogP contribution in [0.2, 0.25) is 0 Å². The van der Waals surface area contributed by atoms with Crippen molar-refractivity contribution in [3.05, 3.63) is 65.7 Å². The fourth-order valence-corrected chi connectivity index (χ4v) is 4.98. The van der Waals surface area contributed by atoms with Crippen LogP contribution in [-0.4, -0.2) is 37.8 Å². The zero-order valence-electron chi connectivity index (χ0n) is 16.7. The highest BCUT2D eigenvalue weighted by atomic mass is 32.2. The molecule has 0 amide bonds. The topological polar surface area (TPSA) is 94.6 Å². The summed E-state index contributed by atoms with van der Waals surface area (Å²) in [6.45, 7) is 3.37. The molecule has 2 aromatic carbocycles. The predicted octanol–water partition coefficient (Wildman–Crippen LogP) is 3.32. The molecule has 0 heterocycles. The summed E-state index contributed by atoms with van der Waals surface area (Å²) in [4.78, 5) is 37.9. The summed E-state index contributed by atoms with van der Waals surface area (Å²) >= 11 is 0. The Balaban J connectivity index is 2.67. The van der Waals surface area contributed by atoms with Crippen LogP contribution >= 0.6 is 0 Å². The van der Waals surface area contributed by atoms with Gasteiger partial charge in [0, 0.05) is 24.8 Å². The van der Waals surface area contributed by atoms with Crippen molar-refractivity contribution in [3.63, 3.8) is 0 Å². The molecule has 0 aliphatic carbocycles. The number of Topliss-reactive ketones (excluding diaryl/α,β-unsaturated/α-hetero) is 2. The molecule has 0 saturated heterocycles. The first kappa shape index (κ1) is 22.5. The Bertz CT molecular complexity index is 993. The van der Waals surface area contributed by atoms with E-state index in [1.807, 2.05) is 0 Å². The maximum Gasteiger partial charge on any atom is 0.328 e. The Labute approximate surface area is 170 Å². The van der Waals surface area contributed by atoms with Crippen LogP contribution in [0.5, 0.6) is 0 Å². The van der Waals surface area contributed by atoms with Crippen molar-refractivity contribution in [1.82, 2.24) is 0 Å². The molecule has 0 spiro atoms. The second-order valence-corrected chi connectivity index (χ2v) is 9.10.